The molecule has 222 valence electrons. The number of hydrogen-bond acceptors (Lipinski definition) is 8. The van der Waals surface area contributed by atoms with E-state index in [2.05, 4.69) is 25.3 Å². The van der Waals surface area contributed by atoms with Gasteiger partial charge in [-0.1, -0.05) is 11.8 Å². The highest BCUT2D eigenvalue weighted by atomic mass is 32.2. The summed E-state index contributed by atoms with van der Waals surface area (Å²) < 4.78 is 111. The van der Waals surface area contributed by atoms with E-state index in [1.165, 1.54) is 30.1 Å². The molecule has 1 aliphatic rings. The number of alkyl halides is 9. The highest BCUT2D eigenvalue weighted by molar-refractivity contribution is 7.98. The van der Waals surface area contributed by atoms with E-state index in [1.807, 2.05) is 0 Å². The predicted octanol–water partition coefficient (Wildman–Crippen LogP) is 6.01. The highest BCUT2D eigenvalue weighted by Crippen LogP contribution is 2.36. The average Bonchev–Trinajstić information content (AvgIpc) is 3.10. The lowest BCUT2D eigenvalue weighted by Gasteiger charge is -2.24. The van der Waals surface area contributed by atoms with Crippen LogP contribution in [0.15, 0.2) is 41.8 Å². The first-order chi connectivity index (χ1) is 19.0. The molecule has 4 rings (SSSR count). The van der Waals surface area contributed by atoms with Crippen LogP contribution in [-0.2, 0) is 30.0 Å². The summed E-state index contributed by atoms with van der Waals surface area (Å²) in [7, 11) is 0. The van der Waals surface area contributed by atoms with Gasteiger partial charge in [0.1, 0.15) is 17.5 Å². The van der Waals surface area contributed by atoms with Crippen LogP contribution in [0.3, 0.4) is 0 Å². The molecule has 3 aromatic rings. The summed E-state index contributed by atoms with van der Waals surface area (Å²) in [5.74, 6) is -2.39. The van der Waals surface area contributed by atoms with Crippen molar-refractivity contribution >= 4 is 35.2 Å². The summed E-state index contributed by atoms with van der Waals surface area (Å²) >= 11 is 1.28. The Morgan fingerprint density at radius 1 is 0.951 bits per heavy atom. The van der Waals surface area contributed by atoms with Gasteiger partial charge in [-0.25, -0.2) is 24.7 Å². The Bertz CT molecular complexity index is 1370. The molecule has 0 aliphatic carbocycles. The molecule has 0 radical (unpaired) electrons. The third-order valence-corrected chi connectivity index (χ3v) is 6.02. The molecule has 0 atom stereocenters. The van der Waals surface area contributed by atoms with Crippen molar-refractivity contribution in [1.29, 1.82) is 0 Å². The maximum Gasteiger partial charge on any atom is 0.490 e. The van der Waals surface area contributed by atoms with Crippen LogP contribution in [0, 0.1) is 0 Å². The number of nitrogens with one attached hydrogen (secondary N) is 1. The lowest BCUT2D eigenvalue weighted by Crippen LogP contribution is -2.29. The molecular formula is C23H19F9N6O2S. The van der Waals surface area contributed by atoms with Crippen LogP contribution >= 0.6 is 11.8 Å². The number of thioether (sulfide) groups is 1. The number of carboxylic acids is 1. The number of rotatable bonds is 4. The number of aliphatic carboxylic acids is 1. The standard InChI is InChI=1S/C21H18F6N6S.C2HF3O2/c1-34-19-30-15-7-10-33(18-14(21(25,26)27)3-2-8-28-18)9-6-13(15)17(32-19)31-16-5-4-12(11-29-16)20(22,23)24;3-2(4,5)1(6)7/h2-5,8,11H,6-7,9-10H2,1H3,(H,29,30,31,32);(H,6,7). The van der Waals surface area contributed by atoms with Gasteiger partial charge in [0.2, 0.25) is 0 Å². The van der Waals surface area contributed by atoms with Gasteiger partial charge in [0.05, 0.1) is 16.8 Å². The zero-order valence-electron chi connectivity index (χ0n) is 20.7. The minimum atomic E-state index is -5.08. The smallest absolute Gasteiger partial charge is 0.475 e. The Labute approximate surface area is 230 Å². The van der Waals surface area contributed by atoms with Crippen molar-refractivity contribution < 1.29 is 49.4 Å². The number of fused-ring (bicyclic) bond motifs is 1. The number of hydrogen-bond donors (Lipinski definition) is 2. The maximum atomic E-state index is 13.5. The molecule has 8 nitrogen and oxygen atoms in total. The fourth-order valence-corrected chi connectivity index (χ4v) is 3.99. The van der Waals surface area contributed by atoms with E-state index in [0.29, 0.717) is 35.1 Å². The first-order valence-electron chi connectivity index (χ1n) is 11.3. The normalized spacial score (nSPS) is 14.0. The summed E-state index contributed by atoms with van der Waals surface area (Å²) in [4.78, 5) is 27.2. The molecule has 1 aliphatic heterocycles. The number of nitrogens with zero attached hydrogens (tertiary/aromatic N) is 5. The van der Waals surface area contributed by atoms with Crippen molar-refractivity contribution in [2.75, 3.05) is 29.6 Å². The van der Waals surface area contributed by atoms with E-state index in [9.17, 15) is 39.5 Å². The second-order valence-electron chi connectivity index (χ2n) is 8.20. The van der Waals surface area contributed by atoms with Gasteiger partial charge in [-0.3, -0.25) is 0 Å². The van der Waals surface area contributed by atoms with Gasteiger partial charge in [0, 0.05) is 37.5 Å². The van der Waals surface area contributed by atoms with Crippen LogP contribution in [0.2, 0.25) is 0 Å². The third kappa shape index (κ3) is 8.34. The Hall–Kier alpha value is -3.83. The van der Waals surface area contributed by atoms with Crippen molar-refractivity contribution in [2.45, 2.75) is 36.5 Å². The van der Waals surface area contributed by atoms with E-state index >= 15 is 0 Å². The van der Waals surface area contributed by atoms with Crippen molar-refractivity contribution in [3.63, 3.8) is 0 Å². The van der Waals surface area contributed by atoms with E-state index in [0.717, 1.165) is 18.3 Å². The zero-order valence-corrected chi connectivity index (χ0v) is 21.5. The number of aromatic nitrogens is 4. The quantitative estimate of drug-likeness (QED) is 0.208. The fraction of sp³-hybridized carbons (Fsp3) is 0.348. The number of anilines is 3. The molecule has 18 heteroatoms. The molecule has 0 aromatic carbocycles. The van der Waals surface area contributed by atoms with E-state index in [4.69, 9.17) is 9.90 Å². The summed E-state index contributed by atoms with van der Waals surface area (Å²) in [5, 5.41) is 10.5. The average molecular weight is 614 g/mol. The molecule has 4 heterocycles. The minimum absolute atomic E-state index is 0.153. The van der Waals surface area contributed by atoms with Crippen LogP contribution in [0.25, 0.3) is 0 Å². The topological polar surface area (TPSA) is 104 Å². The molecule has 2 N–H and O–H groups in total. The Morgan fingerprint density at radius 3 is 2.15 bits per heavy atom. The second-order valence-corrected chi connectivity index (χ2v) is 8.97. The highest BCUT2D eigenvalue weighted by Gasteiger charge is 2.38. The first-order valence-corrected chi connectivity index (χ1v) is 12.5. The van der Waals surface area contributed by atoms with Crippen LogP contribution in [0.1, 0.15) is 22.4 Å². The molecule has 0 bridgehead atoms. The van der Waals surface area contributed by atoms with Crippen molar-refractivity contribution in [3.8, 4) is 0 Å². The van der Waals surface area contributed by atoms with Crippen molar-refractivity contribution in [3.05, 3.63) is 59.0 Å². The Kier molecular flexibility index (Phi) is 9.55. The van der Waals surface area contributed by atoms with Gasteiger partial charge in [-0.05, 0) is 36.9 Å². The molecular weight excluding hydrogens is 595 g/mol. The molecule has 0 unspecified atom stereocenters. The molecule has 3 aromatic heterocycles. The van der Waals surface area contributed by atoms with E-state index < -0.39 is 35.6 Å². The number of carbonyl (C=O) groups is 1. The van der Waals surface area contributed by atoms with Crippen LogP contribution in [-0.4, -0.2) is 56.5 Å². The van der Waals surface area contributed by atoms with Gasteiger partial charge in [-0.15, -0.1) is 0 Å². The third-order valence-electron chi connectivity index (χ3n) is 5.48. The van der Waals surface area contributed by atoms with Crippen molar-refractivity contribution in [1.82, 2.24) is 19.9 Å². The lowest BCUT2D eigenvalue weighted by molar-refractivity contribution is -0.192. The summed E-state index contributed by atoms with van der Waals surface area (Å²) in [5.41, 5.74) is -0.368. The second kappa shape index (κ2) is 12.4. The van der Waals surface area contributed by atoms with E-state index in [-0.39, 0.29) is 24.7 Å². The van der Waals surface area contributed by atoms with Gasteiger partial charge >= 0.3 is 24.5 Å². The van der Waals surface area contributed by atoms with Crippen molar-refractivity contribution in [2.24, 2.45) is 0 Å². The van der Waals surface area contributed by atoms with Gasteiger partial charge in [-0.2, -0.15) is 39.5 Å². The monoisotopic (exact) mass is 614 g/mol. The predicted molar refractivity (Wildman–Crippen MR) is 129 cm³/mol. The number of carboxylic acid groups (broad SMARTS) is 1. The fourth-order valence-electron chi connectivity index (χ4n) is 3.61. The maximum absolute atomic E-state index is 13.5. The largest absolute Gasteiger partial charge is 0.490 e. The number of halogens is 9. The molecule has 41 heavy (non-hydrogen) atoms. The summed E-state index contributed by atoms with van der Waals surface area (Å²) in [6.45, 7) is 0.486. The Balaban J connectivity index is 0.000000587. The minimum Gasteiger partial charge on any atom is -0.475 e. The molecule has 0 fully saturated rings. The number of pyridine rings is 2. The molecule has 0 amide bonds. The SMILES string of the molecule is CSc1nc2c(c(Nc3ccc(C(F)(F)F)cn3)n1)CCN(c1ncccc1C(F)(F)F)CC2.O=C(O)C(F)(F)F. The van der Waals surface area contributed by atoms with Crippen LogP contribution < -0.4 is 10.2 Å². The van der Waals surface area contributed by atoms with Crippen LogP contribution in [0.5, 0.6) is 0 Å². The van der Waals surface area contributed by atoms with Gasteiger partial charge in [0.15, 0.2) is 5.16 Å². The van der Waals surface area contributed by atoms with Gasteiger partial charge in [0.25, 0.3) is 0 Å². The Morgan fingerprint density at radius 2 is 1.61 bits per heavy atom. The first kappa shape index (κ1) is 31.7. The zero-order chi connectivity index (χ0) is 30.6. The summed E-state index contributed by atoms with van der Waals surface area (Å²) in [6.07, 6.45) is -9.68. The van der Waals surface area contributed by atoms with Crippen LogP contribution in [0.4, 0.5) is 57.0 Å². The molecule has 0 saturated heterocycles. The molecule has 0 saturated carbocycles. The summed E-state index contributed by atoms with van der Waals surface area (Å²) in [6, 6.07) is 4.35. The van der Waals surface area contributed by atoms with E-state index in [1.54, 1.807) is 11.2 Å². The van der Waals surface area contributed by atoms with Gasteiger partial charge < -0.3 is 15.3 Å². The molecule has 0 spiro atoms. The lowest BCUT2D eigenvalue weighted by atomic mass is 10.1.